The Hall–Kier alpha value is -3.42. The molecule has 0 fully saturated rings. The number of carbonyl (C=O) groups is 1. The molecule has 2 rings (SSSR count). The number of hydrogen-bond acceptors (Lipinski definition) is 6. The summed E-state index contributed by atoms with van der Waals surface area (Å²) in [5.41, 5.74) is 3.88. The molecule has 8 nitrogen and oxygen atoms in total. The van der Waals surface area contributed by atoms with Gasteiger partial charge in [0.1, 0.15) is 0 Å². The van der Waals surface area contributed by atoms with E-state index >= 15 is 0 Å². The van der Waals surface area contributed by atoms with Gasteiger partial charge < -0.3 is 9.84 Å². The summed E-state index contributed by atoms with van der Waals surface area (Å²) in [5, 5.41) is 23.8. The summed E-state index contributed by atoms with van der Waals surface area (Å²) < 4.78 is 5.21. The number of ether oxygens (including phenoxy) is 1. The summed E-state index contributed by atoms with van der Waals surface area (Å²) in [7, 11) is 0. The lowest BCUT2D eigenvalue weighted by atomic mass is 10.2. The highest BCUT2D eigenvalue weighted by atomic mass is 16.6. The SMILES string of the molecule is CCOc1ccc(C=NNc2ccc(C(=O)O)cc2)cc1[N+](=O)[O-]. The predicted octanol–water partition coefficient (Wildman–Crippen LogP) is 3.14. The van der Waals surface area contributed by atoms with E-state index in [1.54, 1.807) is 25.1 Å². The maximum absolute atomic E-state index is 11.0. The molecule has 0 unspecified atom stereocenters. The first kappa shape index (κ1) is 16.9. The smallest absolute Gasteiger partial charge is 0.335 e. The van der Waals surface area contributed by atoms with Gasteiger partial charge in [-0.15, -0.1) is 0 Å². The molecule has 0 atom stereocenters. The van der Waals surface area contributed by atoms with Crippen molar-refractivity contribution in [2.45, 2.75) is 6.92 Å². The summed E-state index contributed by atoms with van der Waals surface area (Å²) >= 11 is 0. The first-order valence-electron chi connectivity index (χ1n) is 7.05. The van der Waals surface area contributed by atoms with Crippen LogP contribution in [-0.2, 0) is 0 Å². The summed E-state index contributed by atoms with van der Waals surface area (Å²) in [5.74, 6) is -0.802. The van der Waals surface area contributed by atoms with Crippen LogP contribution in [0.15, 0.2) is 47.6 Å². The van der Waals surface area contributed by atoms with Crippen molar-refractivity contribution < 1.29 is 19.6 Å². The maximum atomic E-state index is 11.0. The molecule has 124 valence electrons. The minimum absolute atomic E-state index is 0.133. The molecule has 0 aliphatic heterocycles. The second-order valence-corrected chi connectivity index (χ2v) is 4.67. The van der Waals surface area contributed by atoms with Crippen LogP contribution < -0.4 is 10.2 Å². The van der Waals surface area contributed by atoms with E-state index < -0.39 is 10.9 Å². The van der Waals surface area contributed by atoms with Crippen LogP contribution in [0.4, 0.5) is 11.4 Å². The zero-order chi connectivity index (χ0) is 17.5. The number of carboxylic acid groups (broad SMARTS) is 1. The van der Waals surface area contributed by atoms with Crippen molar-refractivity contribution in [2.24, 2.45) is 5.10 Å². The zero-order valence-corrected chi connectivity index (χ0v) is 12.8. The number of rotatable bonds is 7. The molecule has 0 heterocycles. The van der Waals surface area contributed by atoms with Crippen LogP contribution in [0, 0.1) is 10.1 Å². The number of nitro benzene ring substituents is 1. The van der Waals surface area contributed by atoms with Gasteiger partial charge in [0.15, 0.2) is 5.75 Å². The highest BCUT2D eigenvalue weighted by Crippen LogP contribution is 2.27. The molecule has 0 amide bonds. The van der Waals surface area contributed by atoms with Crippen LogP contribution in [0.1, 0.15) is 22.8 Å². The molecule has 2 N–H and O–H groups in total. The highest BCUT2D eigenvalue weighted by Gasteiger charge is 2.15. The molecule has 0 saturated carbocycles. The zero-order valence-electron chi connectivity index (χ0n) is 12.8. The van der Waals surface area contributed by atoms with Gasteiger partial charge in [-0.25, -0.2) is 4.79 Å². The Kier molecular flexibility index (Phi) is 5.45. The fourth-order valence-electron chi connectivity index (χ4n) is 1.90. The van der Waals surface area contributed by atoms with E-state index in [9.17, 15) is 14.9 Å². The van der Waals surface area contributed by atoms with E-state index in [0.717, 1.165) is 0 Å². The van der Waals surface area contributed by atoms with Gasteiger partial charge in [-0.05, 0) is 43.3 Å². The Morgan fingerprint density at radius 2 is 2.04 bits per heavy atom. The number of nitrogens with one attached hydrogen (secondary N) is 1. The average molecular weight is 329 g/mol. The van der Waals surface area contributed by atoms with Gasteiger partial charge in [-0.3, -0.25) is 15.5 Å². The van der Waals surface area contributed by atoms with Gasteiger partial charge in [0, 0.05) is 11.6 Å². The van der Waals surface area contributed by atoms with E-state index in [1.165, 1.54) is 30.5 Å². The molecule has 0 aromatic heterocycles. The number of benzene rings is 2. The number of nitro groups is 1. The van der Waals surface area contributed by atoms with E-state index in [-0.39, 0.29) is 17.0 Å². The first-order chi connectivity index (χ1) is 11.5. The Balaban J connectivity index is 2.09. The summed E-state index contributed by atoms with van der Waals surface area (Å²) in [6, 6.07) is 10.6. The van der Waals surface area contributed by atoms with Gasteiger partial charge in [-0.2, -0.15) is 5.10 Å². The number of aromatic carboxylic acids is 1. The second kappa shape index (κ2) is 7.73. The van der Waals surface area contributed by atoms with Crippen molar-refractivity contribution in [3.05, 3.63) is 63.7 Å². The number of carboxylic acids is 1. The third kappa shape index (κ3) is 4.29. The lowest BCUT2D eigenvalue weighted by molar-refractivity contribution is -0.385. The van der Waals surface area contributed by atoms with E-state index in [0.29, 0.717) is 17.9 Å². The molecule has 24 heavy (non-hydrogen) atoms. The van der Waals surface area contributed by atoms with E-state index in [4.69, 9.17) is 9.84 Å². The number of anilines is 1. The summed E-state index contributed by atoms with van der Waals surface area (Å²) in [6.07, 6.45) is 1.42. The van der Waals surface area contributed by atoms with Crippen LogP contribution in [0.2, 0.25) is 0 Å². The van der Waals surface area contributed by atoms with Gasteiger partial charge in [0.25, 0.3) is 0 Å². The van der Waals surface area contributed by atoms with Crippen molar-refractivity contribution in [2.75, 3.05) is 12.0 Å². The molecule has 0 bridgehead atoms. The first-order valence-corrected chi connectivity index (χ1v) is 7.05. The molecule has 0 aliphatic carbocycles. The highest BCUT2D eigenvalue weighted by molar-refractivity contribution is 5.88. The van der Waals surface area contributed by atoms with Gasteiger partial charge in [-0.1, -0.05) is 0 Å². The summed E-state index contributed by atoms with van der Waals surface area (Å²) in [6.45, 7) is 2.08. The summed E-state index contributed by atoms with van der Waals surface area (Å²) in [4.78, 5) is 21.3. The maximum Gasteiger partial charge on any atom is 0.335 e. The molecule has 0 radical (unpaired) electrons. The van der Waals surface area contributed by atoms with Crippen molar-refractivity contribution in [1.29, 1.82) is 0 Å². The minimum atomic E-state index is -1.01. The van der Waals surface area contributed by atoms with Crippen LogP contribution in [0.3, 0.4) is 0 Å². The molecule has 0 spiro atoms. The fourth-order valence-corrected chi connectivity index (χ4v) is 1.90. The lowest BCUT2D eigenvalue weighted by Crippen LogP contribution is -1.99. The third-order valence-corrected chi connectivity index (χ3v) is 3.02. The molecule has 2 aromatic carbocycles. The topological polar surface area (TPSA) is 114 Å². The van der Waals surface area contributed by atoms with Crippen molar-refractivity contribution >= 4 is 23.6 Å². The molecule has 2 aromatic rings. The largest absolute Gasteiger partial charge is 0.487 e. The Morgan fingerprint density at radius 1 is 1.33 bits per heavy atom. The number of hydrogen-bond donors (Lipinski definition) is 2. The van der Waals surface area contributed by atoms with Crippen LogP contribution in [0.5, 0.6) is 5.75 Å². The molecular weight excluding hydrogens is 314 g/mol. The van der Waals surface area contributed by atoms with Crippen molar-refractivity contribution in [3.8, 4) is 5.75 Å². The Labute approximate surface area is 137 Å². The van der Waals surface area contributed by atoms with E-state index in [1.807, 2.05) is 0 Å². The molecule has 0 saturated heterocycles. The van der Waals surface area contributed by atoms with E-state index in [2.05, 4.69) is 10.5 Å². The average Bonchev–Trinajstić information content (AvgIpc) is 2.56. The Bertz CT molecular complexity index is 772. The third-order valence-electron chi connectivity index (χ3n) is 3.02. The van der Waals surface area contributed by atoms with Gasteiger partial charge in [0.05, 0.1) is 29.0 Å². The normalized spacial score (nSPS) is 10.5. The van der Waals surface area contributed by atoms with Crippen LogP contribution in [-0.4, -0.2) is 28.8 Å². The number of nitrogens with zero attached hydrogens (tertiary/aromatic N) is 2. The van der Waals surface area contributed by atoms with Gasteiger partial charge >= 0.3 is 11.7 Å². The molecule has 0 aliphatic rings. The molecule has 8 heteroatoms. The molecular formula is C16H15N3O5. The van der Waals surface area contributed by atoms with Crippen molar-refractivity contribution in [1.82, 2.24) is 0 Å². The lowest BCUT2D eigenvalue weighted by Gasteiger charge is -2.04. The predicted molar refractivity (Wildman–Crippen MR) is 88.9 cm³/mol. The number of hydrazone groups is 1. The standard InChI is InChI=1S/C16H15N3O5/c1-2-24-15-8-3-11(9-14(15)19(22)23)10-17-18-13-6-4-12(5-7-13)16(20)21/h3-10,18H,2H2,1H3,(H,20,21). The minimum Gasteiger partial charge on any atom is -0.487 e. The Morgan fingerprint density at radius 3 is 2.62 bits per heavy atom. The van der Waals surface area contributed by atoms with Crippen LogP contribution >= 0.6 is 0 Å². The fraction of sp³-hybridized carbons (Fsp3) is 0.125. The van der Waals surface area contributed by atoms with Crippen LogP contribution in [0.25, 0.3) is 0 Å². The van der Waals surface area contributed by atoms with Gasteiger partial charge in [0.2, 0.25) is 0 Å². The van der Waals surface area contributed by atoms with Crippen molar-refractivity contribution in [3.63, 3.8) is 0 Å². The quantitative estimate of drug-likeness (QED) is 0.458. The monoisotopic (exact) mass is 329 g/mol. The second-order valence-electron chi connectivity index (χ2n) is 4.67.